The van der Waals surface area contributed by atoms with Crippen molar-refractivity contribution in [3.05, 3.63) is 71.3 Å². The molecule has 1 fully saturated rings. The second-order valence-electron chi connectivity index (χ2n) is 7.46. The molecule has 8 heteroatoms. The highest BCUT2D eigenvalue weighted by Gasteiger charge is 2.32. The minimum absolute atomic E-state index is 0.0684. The van der Waals surface area contributed by atoms with Gasteiger partial charge in [0, 0.05) is 25.6 Å². The maximum atomic E-state index is 13.2. The minimum Gasteiger partial charge on any atom is -0.494 e. The quantitative estimate of drug-likeness (QED) is 0.603. The summed E-state index contributed by atoms with van der Waals surface area (Å²) in [6.45, 7) is 3.07. The van der Waals surface area contributed by atoms with Crippen LogP contribution in [0.4, 0.5) is 13.2 Å². The fourth-order valence-electron chi connectivity index (χ4n) is 3.52. The predicted octanol–water partition coefficient (Wildman–Crippen LogP) is 4.60. The number of amides is 2. The first-order chi connectivity index (χ1) is 15.3. The van der Waals surface area contributed by atoms with E-state index in [2.05, 4.69) is 5.32 Å². The second-order valence-corrected chi connectivity index (χ2v) is 7.46. The molecule has 1 N–H and O–H groups in total. The Bertz CT molecular complexity index is 971. The highest BCUT2D eigenvalue weighted by atomic mass is 19.4. The van der Waals surface area contributed by atoms with Gasteiger partial charge in [0.15, 0.2) is 0 Å². The molecule has 1 aliphatic rings. The van der Waals surface area contributed by atoms with Gasteiger partial charge in [0.1, 0.15) is 5.75 Å². The predicted molar refractivity (Wildman–Crippen MR) is 115 cm³/mol. The first kappa shape index (κ1) is 23.4. The molecule has 0 aromatic heterocycles. The number of benzene rings is 2. The highest BCUT2D eigenvalue weighted by Crippen LogP contribution is 2.31. The van der Waals surface area contributed by atoms with E-state index in [0.717, 1.165) is 17.7 Å². The first-order valence-corrected chi connectivity index (χ1v) is 10.4. The summed E-state index contributed by atoms with van der Waals surface area (Å²) >= 11 is 0. The highest BCUT2D eigenvalue weighted by molar-refractivity contribution is 5.92. The molecule has 0 aliphatic carbocycles. The number of carbonyl (C=O) groups excluding carboxylic acids is 2. The number of hydrogen-bond acceptors (Lipinski definition) is 3. The van der Waals surface area contributed by atoms with Crippen molar-refractivity contribution in [3.8, 4) is 5.75 Å². The smallest absolute Gasteiger partial charge is 0.416 e. The van der Waals surface area contributed by atoms with Crippen molar-refractivity contribution in [2.45, 2.75) is 32.0 Å². The van der Waals surface area contributed by atoms with Crippen LogP contribution in [0.25, 0.3) is 6.08 Å². The van der Waals surface area contributed by atoms with Crippen molar-refractivity contribution in [1.29, 1.82) is 0 Å². The Balaban J connectivity index is 1.76. The van der Waals surface area contributed by atoms with E-state index in [1.54, 1.807) is 35.2 Å². The normalized spacial score (nSPS) is 15.2. The molecule has 2 aromatic carbocycles. The van der Waals surface area contributed by atoms with Gasteiger partial charge in [0.05, 0.1) is 18.2 Å². The molecule has 1 atom stereocenters. The molecule has 1 saturated heterocycles. The molecule has 2 amide bonds. The number of hydrogen-bond donors (Lipinski definition) is 1. The number of nitrogens with zero attached hydrogens (tertiary/aromatic N) is 1. The van der Waals surface area contributed by atoms with Gasteiger partial charge in [-0.15, -0.1) is 0 Å². The van der Waals surface area contributed by atoms with Crippen LogP contribution in [0.15, 0.2) is 54.6 Å². The molecular weight excluding hydrogens is 421 g/mol. The van der Waals surface area contributed by atoms with Crippen LogP contribution < -0.4 is 10.1 Å². The monoisotopic (exact) mass is 446 g/mol. The average molecular weight is 446 g/mol. The molecule has 2 aromatic rings. The molecule has 1 heterocycles. The van der Waals surface area contributed by atoms with E-state index in [4.69, 9.17) is 4.74 Å². The summed E-state index contributed by atoms with van der Waals surface area (Å²) in [4.78, 5) is 26.2. The van der Waals surface area contributed by atoms with Crippen LogP contribution in [0.2, 0.25) is 0 Å². The van der Waals surface area contributed by atoms with E-state index in [-0.39, 0.29) is 12.5 Å². The Kier molecular flexibility index (Phi) is 7.56. The van der Waals surface area contributed by atoms with Gasteiger partial charge in [-0.2, -0.15) is 13.2 Å². The molecular formula is C24H25F3N2O3. The first-order valence-electron chi connectivity index (χ1n) is 10.4. The number of ether oxygens (including phenoxy) is 1. The Morgan fingerprint density at radius 1 is 1.22 bits per heavy atom. The van der Waals surface area contributed by atoms with Gasteiger partial charge in [-0.05, 0) is 54.8 Å². The third kappa shape index (κ3) is 6.35. The van der Waals surface area contributed by atoms with Gasteiger partial charge in [-0.3, -0.25) is 9.59 Å². The van der Waals surface area contributed by atoms with E-state index in [1.807, 2.05) is 6.92 Å². The van der Waals surface area contributed by atoms with E-state index in [1.165, 1.54) is 18.2 Å². The lowest BCUT2D eigenvalue weighted by Crippen LogP contribution is -2.38. The lowest BCUT2D eigenvalue weighted by molar-refractivity contribution is -0.137. The van der Waals surface area contributed by atoms with Crippen molar-refractivity contribution in [2.75, 3.05) is 19.7 Å². The summed E-state index contributed by atoms with van der Waals surface area (Å²) in [6.07, 6.45) is -0.473. The summed E-state index contributed by atoms with van der Waals surface area (Å²) < 4.78 is 44.9. The summed E-state index contributed by atoms with van der Waals surface area (Å²) in [5.74, 6) is 0.183. The Labute approximate surface area is 184 Å². The third-order valence-corrected chi connectivity index (χ3v) is 5.13. The summed E-state index contributed by atoms with van der Waals surface area (Å²) in [7, 11) is 0. The van der Waals surface area contributed by atoms with Crippen LogP contribution in [0.5, 0.6) is 5.75 Å². The molecule has 1 aliphatic heterocycles. The molecule has 0 radical (unpaired) electrons. The van der Waals surface area contributed by atoms with Gasteiger partial charge in [0.25, 0.3) is 0 Å². The Hall–Kier alpha value is -3.29. The zero-order valence-corrected chi connectivity index (χ0v) is 17.7. The number of carbonyl (C=O) groups is 2. The fourth-order valence-corrected chi connectivity index (χ4v) is 3.52. The number of likely N-dealkylation sites (tertiary alicyclic amines) is 1. The van der Waals surface area contributed by atoms with Gasteiger partial charge < -0.3 is 15.0 Å². The SMILES string of the molecule is CCOc1ccc(/C=C/C(=O)N[C@@H](CN2CCCC2=O)c2cccc(C(F)(F)F)c2)cc1. The van der Waals surface area contributed by atoms with Gasteiger partial charge in [0.2, 0.25) is 11.8 Å². The van der Waals surface area contributed by atoms with Crippen molar-refractivity contribution >= 4 is 17.9 Å². The van der Waals surface area contributed by atoms with E-state index >= 15 is 0 Å². The number of nitrogens with one attached hydrogen (secondary N) is 1. The third-order valence-electron chi connectivity index (χ3n) is 5.13. The van der Waals surface area contributed by atoms with Crippen molar-refractivity contribution in [1.82, 2.24) is 10.2 Å². The summed E-state index contributed by atoms with van der Waals surface area (Å²) in [5, 5.41) is 2.75. The van der Waals surface area contributed by atoms with Gasteiger partial charge >= 0.3 is 6.18 Å². The van der Waals surface area contributed by atoms with Crippen LogP contribution >= 0.6 is 0 Å². The van der Waals surface area contributed by atoms with E-state index in [9.17, 15) is 22.8 Å². The molecule has 3 rings (SSSR count). The van der Waals surface area contributed by atoms with Crippen LogP contribution in [-0.4, -0.2) is 36.4 Å². The average Bonchev–Trinajstić information content (AvgIpc) is 3.17. The molecule has 32 heavy (non-hydrogen) atoms. The van der Waals surface area contributed by atoms with Crippen molar-refractivity contribution in [3.63, 3.8) is 0 Å². The van der Waals surface area contributed by atoms with E-state index in [0.29, 0.717) is 37.3 Å². The maximum absolute atomic E-state index is 13.2. The summed E-state index contributed by atoms with van der Waals surface area (Å²) in [5.41, 5.74) is 0.267. The zero-order valence-electron chi connectivity index (χ0n) is 17.7. The van der Waals surface area contributed by atoms with Crippen LogP contribution in [0, 0.1) is 0 Å². The van der Waals surface area contributed by atoms with Gasteiger partial charge in [-0.25, -0.2) is 0 Å². The topological polar surface area (TPSA) is 58.6 Å². The zero-order chi connectivity index (χ0) is 23.1. The fraction of sp³-hybridized carbons (Fsp3) is 0.333. The van der Waals surface area contributed by atoms with Crippen LogP contribution in [0.1, 0.15) is 42.5 Å². The Morgan fingerprint density at radius 2 is 1.97 bits per heavy atom. The molecule has 5 nitrogen and oxygen atoms in total. The van der Waals surface area contributed by atoms with Gasteiger partial charge in [-0.1, -0.05) is 24.3 Å². The maximum Gasteiger partial charge on any atom is 0.416 e. The molecule has 170 valence electrons. The Morgan fingerprint density at radius 3 is 2.59 bits per heavy atom. The largest absolute Gasteiger partial charge is 0.494 e. The number of halogens is 3. The lowest BCUT2D eigenvalue weighted by atomic mass is 10.0. The summed E-state index contributed by atoms with van der Waals surface area (Å²) in [6, 6.07) is 11.2. The van der Waals surface area contributed by atoms with Crippen LogP contribution in [0.3, 0.4) is 0 Å². The standard InChI is InChI=1S/C24H25F3N2O3/c1-2-32-20-11-8-17(9-12-20)10-13-22(30)28-21(16-29-14-4-7-23(29)31)18-5-3-6-19(15-18)24(25,26)27/h3,5-6,8-13,15,21H,2,4,7,14,16H2,1H3,(H,28,30)/b13-10+/t21-/m0/s1. The lowest BCUT2D eigenvalue weighted by Gasteiger charge is -2.25. The molecule has 0 spiro atoms. The molecule has 0 bridgehead atoms. The molecule has 0 saturated carbocycles. The molecule has 0 unspecified atom stereocenters. The number of alkyl halides is 3. The second kappa shape index (κ2) is 10.3. The minimum atomic E-state index is -4.50. The van der Waals surface area contributed by atoms with Crippen molar-refractivity contribution < 1.29 is 27.5 Å². The number of rotatable bonds is 8. The van der Waals surface area contributed by atoms with E-state index < -0.39 is 23.7 Å². The van der Waals surface area contributed by atoms with Crippen molar-refractivity contribution in [2.24, 2.45) is 0 Å². The van der Waals surface area contributed by atoms with Crippen LogP contribution in [-0.2, 0) is 15.8 Å².